The Hall–Kier alpha value is -3.63. The number of hydrogen-bond donors (Lipinski definition) is 2. The number of nitrogens with zero attached hydrogens (tertiary/aromatic N) is 3. The minimum atomic E-state index is -0.414. The van der Waals surface area contributed by atoms with Gasteiger partial charge in [-0.3, -0.25) is 4.79 Å². The van der Waals surface area contributed by atoms with Crippen LogP contribution in [0, 0.1) is 11.3 Å². The van der Waals surface area contributed by atoms with Crippen molar-refractivity contribution in [2.45, 2.75) is 0 Å². The molecular formula is C19H14ClN5O2. The van der Waals surface area contributed by atoms with Gasteiger partial charge in [0, 0.05) is 17.6 Å². The molecule has 0 saturated carbocycles. The fraction of sp³-hybridized carbons (Fsp3) is 0.0526. The third kappa shape index (κ3) is 4.51. The van der Waals surface area contributed by atoms with Gasteiger partial charge in [0.25, 0.3) is 5.91 Å². The minimum Gasteiger partial charge on any atom is -0.495 e. The van der Waals surface area contributed by atoms with Gasteiger partial charge in [0.15, 0.2) is 0 Å². The highest BCUT2D eigenvalue weighted by molar-refractivity contribution is 6.32. The van der Waals surface area contributed by atoms with Crippen LogP contribution in [0.1, 0.15) is 16.1 Å². The van der Waals surface area contributed by atoms with E-state index in [0.717, 1.165) is 0 Å². The molecule has 0 bridgehead atoms. The number of benzene rings is 2. The Morgan fingerprint density at radius 2 is 2.04 bits per heavy atom. The molecule has 2 N–H and O–H groups in total. The highest BCUT2D eigenvalue weighted by atomic mass is 35.5. The van der Waals surface area contributed by atoms with Crippen LogP contribution in [-0.2, 0) is 0 Å². The maximum absolute atomic E-state index is 12.4. The predicted molar refractivity (Wildman–Crippen MR) is 102 cm³/mol. The van der Waals surface area contributed by atoms with Crippen LogP contribution in [0.15, 0.2) is 54.7 Å². The molecule has 1 heterocycles. The maximum atomic E-state index is 12.4. The summed E-state index contributed by atoms with van der Waals surface area (Å²) in [5.41, 5.74) is 1.79. The molecule has 2 aromatic carbocycles. The second kappa shape index (κ2) is 8.17. The summed E-state index contributed by atoms with van der Waals surface area (Å²) < 4.78 is 5.11. The zero-order valence-electron chi connectivity index (χ0n) is 14.2. The zero-order valence-corrected chi connectivity index (χ0v) is 15.0. The lowest BCUT2D eigenvalue weighted by atomic mass is 10.2. The molecule has 8 heteroatoms. The molecule has 7 nitrogen and oxygen atoms in total. The first-order chi connectivity index (χ1) is 13.1. The van der Waals surface area contributed by atoms with Crippen molar-refractivity contribution in [3.8, 4) is 11.8 Å². The molecule has 0 aliphatic carbocycles. The molecule has 0 aliphatic heterocycles. The second-order valence-corrected chi connectivity index (χ2v) is 5.79. The smallest absolute Gasteiger partial charge is 0.274 e. The number of nitriles is 1. The molecule has 3 rings (SSSR count). The first kappa shape index (κ1) is 18.2. The van der Waals surface area contributed by atoms with Crippen molar-refractivity contribution in [3.05, 3.63) is 71.0 Å². The molecule has 0 radical (unpaired) electrons. The lowest BCUT2D eigenvalue weighted by molar-refractivity contribution is 0.102. The number of halogens is 1. The Labute approximate surface area is 160 Å². The van der Waals surface area contributed by atoms with Crippen LogP contribution in [0.3, 0.4) is 0 Å². The van der Waals surface area contributed by atoms with Crippen molar-refractivity contribution >= 4 is 34.8 Å². The summed E-state index contributed by atoms with van der Waals surface area (Å²) in [5.74, 6) is 0.383. The van der Waals surface area contributed by atoms with Crippen LogP contribution in [0.5, 0.6) is 5.75 Å². The van der Waals surface area contributed by atoms with Crippen LogP contribution >= 0.6 is 11.6 Å². The lowest BCUT2D eigenvalue weighted by Crippen LogP contribution is -2.14. The molecule has 0 spiro atoms. The van der Waals surface area contributed by atoms with E-state index in [4.69, 9.17) is 21.6 Å². The summed E-state index contributed by atoms with van der Waals surface area (Å²) >= 11 is 6.10. The highest BCUT2D eigenvalue weighted by Crippen LogP contribution is 2.28. The van der Waals surface area contributed by atoms with E-state index in [1.165, 1.54) is 19.4 Å². The molecule has 3 aromatic rings. The molecule has 1 aromatic heterocycles. The van der Waals surface area contributed by atoms with Crippen LogP contribution in [-0.4, -0.2) is 23.0 Å². The fourth-order valence-corrected chi connectivity index (χ4v) is 2.54. The zero-order chi connectivity index (χ0) is 19.2. The molecule has 27 heavy (non-hydrogen) atoms. The largest absolute Gasteiger partial charge is 0.495 e. The number of methoxy groups -OCH3 is 1. The number of amides is 1. The number of hydrogen-bond acceptors (Lipinski definition) is 6. The number of carbonyl (C=O) groups excluding carboxylic acids is 1. The van der Waals surface area contributed by atoms with Crippen LogP contribution in [0.4, 0.5) is 17.3 Å². The van der Waals surface area contributed by atoms with Crippen molar-refractivity contribution in [1.82, 2.24) is 9.97 Å². The van der Waals surface area contributed by atoms with Crippen LogP contribution < -0.4 is 15.4 Å². The van der Waals surface area contributed by atoms with Gasteiger partial charge in [-0.1, -0.05) is 17.7 Å². The number of carbonyl (C=O) groups is 1. The Morgan fingerprint density at radius 3 is 2.78 bits per heavy atom. The van der Waals surface area contributed by atoms with Crippen LogP contribution in [0.25, 0.3) is 0 Å². The van der Waals surface area contributed by atoms with E-state index in [9.17, 15) is 4.79 Å². The van der Waals surface area contributed by atoms with Gasteiger partial charge in [0.1, 0.15) is 11.4 Å². The number of anilines is 3. The van der Waals surface area contributed by atoms with Gasteiger partial charge in [-0.15, -0.1) is 0 Å². The van der Waals surface area contributed by atoms with E-state index in [1.807, 2.05) is 6.07 Å². The summed E-state index contributed by atoms with van der Waals surface area (Å²) in [7, 11) is 1.53. The van der Waals surface area contributed by atoms with Gasteiger partial charge >= 0.3 is 0 Å². The van der Waals surface area contributed by atoms with E-state index in [2.05, 4.69) is 20.6 Å². The van der Waals surface area contributed by atoms with Crippen LogP contribution in [0.2, 0.25) is 5.02 Å². The summed E-state index contributed by atoms with van der Waals surface area (Å²) in [6.07, 6.45) is 1.47. The normalized spacial score (nSPS) is 9.96. The third-order valence-corrected chi connectivity index (χ3v) is 3.84. The average molecular weight is 380 g/mol. The van der Waals surface area contributed by atoms with E-state index < -0.39 is 5.91 Å². The standard InChI is InChI=1S/C19H14ClN5O2/c1-27-17-6-5-14(10-15(17)20)24-19-22-8-7-16(25-19)18(26)23-13-4-2-3-12(9-13)11-21/h2-10H,1H3,(H,23,26)(H,22,24,25). The van der Waals surface area contributed by atoms with Crippen molar-refractivity contribution in [1.29, 1.82) is 5.26 Å². The lowest BCUT2D eigenvalue weighted by Gasteiger charge is -2.09. The molecule has 134 valence electrons. The number of aromatic nitrogens is 2. The third-order valence-electron chi connectivity index (χ3n) is 3.55. The first-order valence-corrected chi connectivity index (χ1v) is 8.22. The van der Waals surface area contributed by atoms with E-state index in [0.29, 0.717) is 27.7 Å². The topological polar surface area (TPSA) is 99.9 Å². The Kier molecular flexibility index (Phi) is 5.50. The number of nitrogens with one attached hydrogen (secondary N) is 2. The number of ether oxygens (including phenoxy) is 1. The SMILES string of the molecule is COc1ccc(Nc2nccc(C(=O)Nc3cccc(C#N)c3)n2)cc1Cl. The van der Waals surface area contributed by atoms with Crippen molar-refractivity contribution in [3.63, 3.8) is 0 Å². The summed E-state index contributed by atoms with van der Waals surface area (Å²) in [6.45, 7) is 0. The van der Waals surface area contributed by atoms with E-state index in [-0.39, 0.29) is 11.6 Å². The first-order valence-electron chi connectivity index (χ1n) is 7.84. The molecule has 0 fully saturated rings. The van der Waals surface area contributed by atoms with Gasteiger partial charge in [-0.2, -0.15) is 5.26 Å². The quantitative estimate of drug-likeness (QED) is 0.694. The molecule has 0 saturated heterocycles. The van der Waals surface area contributed by atoms with Gasteiger partial charge in [-0.25, -0.2) is 9.97 Å². The Morgan fingerprint density at radius 1 is 1.19 bits per heavy atom. The molecule has 0 atom stereocenters. The van der Waals surface area contributed by atoms with Gasteiger partial charge in [0.05, 0.1) is 23.8 Å². The molecule has 0 unspecified atom stereocenters. The predicted octanol–water partition coefficient (Wildman–Crippen LogP) is 4.01. The van der Waals surface area contributed by atoms with Crippen molar-refractivity contribution in [2.24, 2.45) is 0 Å². The molecular weight excluding hydrogens is 366 g/mol. The molecule has 0 aliphatic rings. The fourth-order valence-electron chi connectivity index (χ4n) is 2.28. The van der Waals surface area contributed by atoms with E-state index >= 15 is 0 Å². The maximum Gasteiger partial charge on any atom is 0.274 e. The summed E-state index contributed by atoms with van der Waals surface area (Å²) in [5, 5.41) is 15.1. The highest BCUT2D eigenvalue weighted by Gasteiger charge is 2.10. The average Bonchev–Trinajstić information content (AvgIpc) is 2.68. The summed E-state index contributed by atoms with van der Waals surface area (Å²) in [6, 6.07) is 15.3. The monoisotopic (exact) mass is 379 g/mol. The summed E-state index contributed by atoms with van der Waals surface area (Å²) in [4.78, 5) is 20.7. The van der Waals surface area contributed by atoms with Crippen molar-refractivity contribution in [2.75, 3.05) is 17.7 Å². The minimum absolute atomic E-state index is 0.175. The Balaban J connectivity index is 1.75. The molecule has 1 amide bonds. The van der Waals surface area contributed by atoms with Crippen molar-refractivity contribution < 1.29 is 9.53 Å². The van der Waals surface area contributed by atoms with E-state index in [1.54, 1.807) is 42.5 Å². The Bertz CT molecular complexity index is 1030. The van der Waals surface area contributed by atoms with Gasteiger partial charge < -0.3 is 15.4 Å². The van der Waals surface area contributed by atoms with Gasteiger partial charge in [-0.05, 0) is 42.5 Å². The van der Waals surface area contributed by atoms with Gasteiger partial charge in [0.2, 0.25) is 5.95 Å². The second-order valence-electron chi connectivity index (χ2n) is 5.39. The number of rotatable bonds is 5.